The Morgan fingerprint density at radius 2 is 1.96 bits per heavy atom. The monoisotopic (exact) mass is 374 g/mol. The van der Waals surface area contributed by atoms with E-state index in [9.17, 15) is 4.79 Å². The average Bonchev–Trinajstić information content (AvgIpc) is 3.29. The third-order valence-electron chi connectivity index (χ3n) is 5.07. The topological polar surface area (TPSA) is 77.6 Å². The Hall–Kier alpha value is -3.48. The quantitative estimate of drug-likeness (QED) is 0.582. The molecule has 0 fully saturated rings. The van der Waals surface area contributed by atoms with Crippen molar-refractivity contribution in [2.45, 2.75) is 26.4 Å². The highest BCUT2D eigenvalue weighted by molar-refractivity contribution is 5.92. The summed E-state index contributed by atoms with van der Waals surface area (Å²) < 4.78 is 3.48. The minimum atomic E-state index is -0.250. The molecule has 1 N–H and O–H groups in total. The Balaban J connectivity index is 1.49. The van der Waals surface area contributed by atoms with Gasteiger partial charge in [0.15, 0.2) is 5.69 Å². The molecule has 0 aliphatic rings. The molecule has 7 heteroatoms. The van der Waals surface area contributed by atoms with Gasteiger partial charge in [-0.15, -0.1) is 5.10 Å². The first-order valence-corrected chi connectivity index (χ1v) is 9.19. The number of rotatable bonds is 5. The normalized spacial score (nSPS) is 12.2. The highest BCUT2D eigenvalue weighted by Crippen LogP contribution is 2.19. The van der Waals surface area contributed by atoms with Crippen LogP contribution in [0.3, 0.4) is 0 Å². The fourth-order valence-electron chi connectivity index (χ4n) is 3.37. The summed E-state index contributed by atoms with van der Waals surface area (Å²) in [6, 6.07) is 14.2. The molecule has 2 heterocycles. The standard InChI is InChI=1S/C21H22N6O/c1-14(19-11-22-26(3)15(19)2)23-21(28)20-13-27(25-24-20)12-17-9-6-8-16-7-4-5-10-18(16)17/h4-11,13-14H,12H2,1-3H3,(H,23,28)/t14-/m1/s1. The number of aromatic nitrogens is 5. The first kappa shape index (κ1) is 17.9. The second-order valence-corrected chi connectivity index (χ2v) is 6.94. The lowest BCUT2D eigenvalue weighted by Crippen LogP contribution is -2.27. The molecule has 2 aromatic heterocycles. The van der Waals surface area contributed by atoms with Gasteiger partial charge in [0, 0.05) is 18.3 Å². The van der Waals surface area contributed by atoms with Crippen LogP contribution in [0.15, 0.2) is 54.9 Å². The number of nitrogens with zero attached hydrogens (tertiary/aromatic N) is 5. The Bertz CT molecular complexity index is 1140. The maximum Gasteiger partial charge on any atom is 0.273 e. The van der Waals surface area contributed by atoms with Crippen molar-refractivity contribution in [1.82, 2.24) is 30.1 Å². The average molecular weight is 374 g/mol. The van der Waals surface area contributed by atoms with Crippen molar-refractivity contribution < 1.29 is 4.79 Å². The summed E-state index contributed by atoms with van der Waals surface area (Å²) in [6.45, 7) is 4.47. The van der Waals surface area contributed by atoms with E-state index in [0.29, 0.717) is 12.2 Å². The minimum Gasteiger partial charge on any atom is -0.344 e. The van der Waals surface area contributed by atoms with Crippen LogP contribution in [0, 0.1) is 6.92 Å². The van der Waals surface area contributed by atoms with Crippen LogP contribution < -0.4 is 5.32 Å². The van der Waals surface area contributed by atoms with Gasteiger partial charge in [-0.1, -0.05) is 47.7 Å². The molecular formula is C21H22N6O. The van der Waals surface area contributed by atoms with E-state index in [0.717, 1.165) is 16.8 Å². The van der Waals surface area contributed by atoms with Crippen LogP contribution in [-0.2, 0) is 13.6 Å². The lowest BCUT2D eigenvalue weighted by molar-refractivity contribution is 0.0934. The summed E-state index contributed by atoms with van der Waals surface area (Å²) in [5, 5.41) is 17.7. The van der Waals surface area contributed by atoms with E-state index in [1.807, 2.05) is 39.1 Å². The summed E-state index contributed by atoms with van der Waals surface area (Å²) in [6.07, 6.45) is 3.46. The fraction of sp³-hybridized carbons (Fsp3) is 0.238. The Morgan fingerprint density at radius 3 is 2.75 bits per heavy atom. The minimum absolute atomic E-state index is 0.163. The van der Waals surface area contributed by atoms with Crippen molar-refractivity contribution in [1.29, 1.82) is 0 Å². The van der Waals surface area contributed by atoms with Gasteiger partial charge in [0.1, 0.15) is 0 Å². The molecule has 0 saturated carbocycles. The van der Waals surface area contributed by atoms with Crippen LogP contribution in [-0.4, -0.2) is 30.7 Å². The van der Waals surface area contributed by atoms with E-state index < -0.39 is 0 Å². The molecule has 0 radical (unpaired) electrons. The molecule has 1 atom stereocenters. The van der Waals surface area contributed by atoms with Crippen LogP contribution in [0.1, 0.15) is 40.3 Å². The molecule has 0 bridgehead atoms. The molecule has 142 valence electrons. The van der Waals surface area contributed by atoms with Crippen molar-refractivity contribution in [2.24, 2.45) is 7.05 Å². The van der Waals surface area contributed by atoms with Gasteiger partial charge >= 0.3 is 0 Å². The summed E-state index contributed by atoms with van der Waals surface area (Å²) >= 11 is 0. The number of hydrogen-bond donors (Lipinski definition) is 1. The molecule has 7 nitrogen and oxygen atoms in total. The van der Waals surface area contributed by atoms with E-state index >= 15 is 0 Å². The van der Waals surface area contributed by atoms with E-state index in [4.69, 9.17) is 0 Å². The molecular weight excluding hydrogens is 352 g/mol. The summed E-state index contributed by atoms with van der Waals surface area (Å²) in [5.74, 6) is -0.250. The molecule has 1 amide bonds. The van der Waals surface area contributed by atoms with Crippen molar-refractivity contribution in [3.63, 3.8) is 0 Å². The van der Waals surface area contributed by atoms with Gasteiger partial charge in [-0.25, -0.2) is 4.68 Å². The predicted molar refractivity (Wildman–Crippen MR) is 107 cm³/mol. The fourth-order valence-corrected chi connectivity index (χ4v) is 3.37. The molecule has 0 spiro atoms. The molecule has 4 aromatic rings. The van der Waals surface area contributed by atoms with Gasteiger partial charge in [-0.3, -0.25) is 9.48 Å². The van der Waals surface area contributed by atoms with E-state index in [1.165, 1.54) is 10.8 Å². The van der Waals surface area contributed by atoms with E-state index in [2.05, 4.69) is 45.0 Å². The first-order valence-electron chi connectivity index (χ1n) is 9.19. The third kappa shape index (κ3) is 3.38. The van der Waals surface area contributed by atoms with Crippen LogP contribution in [0.2, 0.25) is 0 Å². The molecule has 0 unspecified atom stereocenters. The smallest absolute Gasteiger partial charge is 0.273 e. The van der Waals surface area contributed by atoms with Gasteiger partial charge < -0.3 is 5.32 Å². The maximum atomic E-state index is 12.6. The molecule has 4 rings (SSSR count). The summed E-state index contributed by atoms with van der Waals surface area (Å²) in [5.41, 5.74) is 3.44. The molecule has 0 aliphatic heterocycles. The number of carbonyl (C=O) groups is 1. The van der Waals surface area contributed by atoms with Crippen molar-refractivity contribution in [3.05, 3.63) is 77.4 Å². The summed E-state index contributed by atoms with van der Waals surface area (Å²) in [7, 11) is 1.88. The highest BCUT2D eigenvalue weighted by Gasteiger charge is 2.18. The zero-order valence-electron chi connectivity index (χ0n) is 16.1. The number of hydrogen-bond acceptors (Lipinski definition) is 4. The van der Waals surface area contributed by atoms with Gasteiger partial charge in [0.05, 0.1) is 25.0 Å². The van der Waals surface area contributed by atoms with E-state index in [1.54, 1.807) is 21.8 Å². The molecule has 2 aromatic carbocycles. The van der Waals surface area contributed by atoms with Crippen LogP contribution in [0.5, 0.6) is 0 Å². The second-order valence-electron chi connectivity index (χ2n) is 6.94. The number of nitrogens with one attached hydrogen (secondary N) is 1. The zero-order chi connectivity index (χ0) is 19.7. The Labute approximate surface area is 163 Å². The van der Waals surface area contributed by atoms with Crippen LogP contribution in [0.25, 0.3) is 10.8 Å². The van der Waals surface area contributed by atoms with Gasteiger partial charge in [-0.05, 0) is 30.2 Å². The number of aryl methyl sites for hydroxylation is 1. The largest absolute Gasteiger partial charge is 0.344 e. The van der Waals surface area contributed by atoms with Gasteiger partial charge in [0.2, 0.25) is 0 Å². The lowest BCUT2D eigenvalue weighted by Gasteiger charge is -2.12. The third-order valence-corrected chi connectivity index (χ3v) is 5.07. The second kappa shape index (κ2) is 7.26. The first-order chi connectivity index (χ1) is 13.5. The SMILES string of the molecule is Cc1c([C@@H](C)NC(=O)c2cn(Cc3cccc4ccccc34)nn2)cnn1C. The number of benzene rings is 2. The highest BCUT2D eigenvalue weighted by atomic mass is 16.2. The summed E-state index contributed by atoms with van der Waals surface area (Å²) in [4.78, 5) is 12.6. The molecule has 28 heavy (non-hydrogen) atoms. The number of amides is 1. The van der Waals surface area contributed by atoms with Gasteiger partial charge in [0.25, 0.3) is 5.91 Å². The number of carbonyl (C=O) groups excluding carboxylic acids is 1. The Morgan fingerprint density at radius 1 is 1.18 bits per heavy atom. The van der Waals surface area contributed by atoms with Crippen LogP contribution >= 0.6 is 0 Å². The van der Waals surface area contributed by atoms with Crippen LogP contribution in [0.4, 0.5) is 0 Å². The number of fused-ring (bicyclic) bond motifs is 1. The molecule has 0 aliphatic carbocycles. The lowest BCUT2D eigenvalue weighted by atomic mass is 10.0. The Kier molecular flexibility index (Phi) is 4.65. The predicted octanol–water partition coefficient (Wildman–Crippen LogP) is 3.01. The van der Waals surface area contributed by atoms with Crippen molar-refractivity contribution in [3.8, 4) is 0 Å². The van der Waals surface area contributed by atoms with E-state index in [-0.39, 0.29) is 11.9 Å². The maximum absolute atomic E-state index is 12.6. The van der Waals surface area contributed by atoms with Crippen molar-refractivity contribution >= 4 is 16.7 Å². The molecule has 0 saturated heterocycles. The zero-order valence-corrected chi connectivity index (χ0v) is 16.1. The van der Waals surface area contributed by atoms with Crippen molar-refractivity contribution in [2.75, 3.05) is 0 Å². The van der Waals surface area contributed by atoms with Gasteiger partial charge in [-0.2, -0.15) is 5.10 Å².